The van der Waals surface area contributed by atoms with Crippen molar-refractivity contribution in [2.75, 3.05) is 26.2 Å². The molecule has 1 N–H and O–H groups in total. The van der Waals surface area contributed by atoms with Crippen LogP contribution in [0.5, 0.6) is 5.75 Å². The second kappa shape index (κ2) is 8.61. The summed E-state index contributed by atoms with van der Waals surface area (Å²) in [6.07, 6.45) is 5.62. The average molecular weight is 383 g/mol. The van der Waals surface area contributed by atoms with Gasteiger partial charge < -0.3 is 19.0 Å². The summed E-state index contributed by atoms with van der Waals surface area (Å²) in [5.41, 5.74) is 2.54. The zero-order valence-corrected chi connectivity index (χ0v) is 16.1. The number of hydrogen-bond donors (Lipinski definition) is 1. The van der Waals surface area contributed by atoms with Crippen LogP contribution in [0.1, 0.15) is 36.1 Å². The van der Waals surface area contributed by atoms with Crippen LogP contribution in [0.25, 0.3) is 0 Å². The molecule has 6 heteroatoms. The molecule has 2 aliphatic rings. The lowest BCUT2D eigenvalue weighted by atomic mass is 10.00. The first-order valence-corrected chi connectivity index (χ1v) is 10.1. The van der Waals surface area contributed by atoms with Gasteiger partial charge in [-0.15, -0.1) is 0 Å². The Kier molecular flexibility index (Phi) is 5.76. The SMILES string of the molecule is O=C(COc1coc(C[NH+]2CCc3ccccc3C2)cc1=O)N1CCCCC1. The number of amides is 1. The van der Waals surface area contributed by atoms with Gasteiger partial charge in [0.05, 0.1) is 6.54 Å². The van der Waals surface area contributed by atoms with Gasteiger partial charge in [-0.2, -0.15) is 0 Å². The molecule has 4 rings (SSSR count). The lowest BCUT2D eigenvalue weighted by Gasteiger charge is -2.26. The van der Waals surface area contributed by atoms with E-state index in [4.69, 9.17) is 9.15 Å². The molecule has 1 amide bonds. The van der Waals surface area contributed by atoms with Crippen molar-refractivity contribution in [1.82, 2.24) is 4.90 Å². The molecule has 1 unspecified atom stereocenters. The monoisotopic (exact) mass is 383 g/mol. The zero-order valence-electron chi connectivity index (χ0n) is 16.1. The van der Waals surface area contributed by atoms with Crippen molar-refractivity contribution in [3.05, 3.63) is 63.7 Å². The summed E-state index contributed by atoms with van der Waals surface area (Å²) >= 11 is 0. The molecule has 0 aliphatic carbocycles. The molecule has 0 radical (unpaired) electrons. The van der Waals surface area contributed by atoms with Gasteiger partial charge in [0.15, 0.2) is 12.4 Å². The summed E-state index contributed by atoms with van der Waals surface area (Å²) in [6, 6.07) is 10.00. The number of nitrogens with one attached hydrogen (secondary N) is 1. The number of ether oxygens (including phenoxy) is 1. The standard InChI is InChI=1S/C22H26N2O4/c25-20-12-19(14-23-11-8-17-6-2-3-7-18(17)13-23)27-15-21(20)28-16-22(26)24-9-4-1-5-10-24/h2-3,6-7,12,15H,1,4-5,8-11,13-14,16H2/p+1. The molecule has 3 heterocycles. The molecule has 2 aliphatic heterocycles. The van der Waals surface area contributed by atoms with Crippen LogP contribution in [0.4, 0.5) is 0 Å². The zero-order chi connectivity index (χ0) is 19.3. The maximum atomic E-state index is 12.3. The summed E-state index contributed by atoms with van der Waals surface area (Å²) in [6.45, 7) is 4.05. The predicted octanol–water partition coefficient (Wildman–Crippen LogP) is 1.17. The molecule has 1 fully saturated rings. The Bertz CT molecular complexity index is 886. The summed E-state index contributed by atoms with van der Waals surface area (Å²) < 4.78 is 11.1. The molecular weight excluding hydrogens is 356 g/mol. The van der Waals surface area contributed by atoms with Crippen molar-refractivity contribution in [2.45, 2.75) is 38.8 Å². The van der Waals surface area contributed by atoms with Crippen molar-refractivity contribution in [1.29, 1.82) is 0 Å². The molecule has 148 valence electrons. The molecule has 0 bridgehead atoms. The van der Waals surface area contributed by atoms with Gasteiger partial charge in [0.1, 0.15) is 19.4 Å². The second-order valence-corrected chi connectivity index (χ2v) is 7.68. The van der Waals surface area contributed by atoms with Crippen LogP contribution < -0.4 is 15.1 Å². The highest BCUT2D eigenvalue weighted by atomic mass is 16.5. The van der Waals surface area contributed by atoms with Crippen LogP contribution in [-0.4, -0.2) is 37.0 Å². The second-order valence-electron chi connectivity index (χ2n) is 7.68. The van der Waals surface area contributed by atoms with Gasteiger partial charge in [-0.3, -0.25) is 9.59 Å². The van der Waals surface area contributed by atoms with Gasteiger partial charge in [-0.1, -0.05) is 24.3 Å². The molecule has 0 saturated carbocycles. The van der Waals surface area contributed by atoms with Gasteiger partial charge in [-0.05, 0) is 24.8 Å². The van der Waals surface area contributed by atoms with Gasteiger partial charge in [0, 0.05) is 31.1 Å². The van der Waals surface area contributed by atoms with E-state index in [1.165, 1.54) is 34.8 Å². The van der Waals surface area contributed by atoms with Gasteiger partial charge >= 0.3 is 0 Å². The third-order valence-electron chi connectivity index (χ3n) is 5.64. The van der Waals surface area contributed by atoms with E-state index in [-0.39, 0.29) is 23.7 Å². The molecule has 1 aromatic carbocycles. The first kappa shape index (κ1) is 18.7. The maximum Gasteiger partial charge on any atom is 0.260 e. The minimum absolute atomic E-state index is 0.0698. The summed E-state index contributed by atoms with van der Waals surface area (Å²) in [5.74, 6) is 0.682. The first-order chi connectivity index (χ1) is 13.7. The highest BCUT2D eigenvalue weighted by Gasteiger charge is 2.21. The third-order valence-corrected chi connectivity index (χ3v) is 5.64. The van der Waals surface area contributed by atoms with Gasteiger partial charge in [0.25, 0.3) is 5.91 Å². The van der Waals surface area contributed by atoms with Crippen molar-refractivity contribution < 1.29 is 18.8 Å². The van der Waals surface area contributed by atoms with E-state index < -0.39 is 0 Å². The maximum absolute atomic E-state index is 12.3. The average Bonchev–Trinajstić information content (AvgIpc) is 2.73. The van der Waals surface area contributed by atoms with Gasteiger partial charge in [0.2, 0.25) is 11.2 Å². The van der Waals surface area contributed by atoms with Crippen molar-refractivity contribution in [3.63, 3.8) is 0 Å². The van der Waals surface area contributed by atoms with Crippen LogP contribution in [0.2, 0.25) is 0 Å². The van der Waals surface area contributed by atoms with Crippen LogP contribution >= 0.6 is 0 Å². The van der Waals surface area contributed by atoms with Crippen LogP contribution in [0.3, 0.4) is 0 Å². The van der Waals surface area contributed by atoms with E-state index in [0.717, 1.165) is 45.4 Å². The quantitative estimate of drug-likeness (QED) is 0.842. The highest BCUT2D eigenvalue weighted by molar-refractivity contribution is 5.77. The fourth-order valence-corrected chi connectivity index (χ4v) is 4.05. The fraction of sp³-hybridized carbons (Fsp3) is 0.455. The minimum Gasteiger partial charge on any atom is -0.477 e. The molecule has 1 saturated heterocycles. The van der Waals surface area contributed by atoms with Crippen molar-refractivity contribution in [3.8, 4) is 5.75 Å². The molecule has 1 atom stereocenters. The Morgan fingerprint density at radius 1 is 1.14 bits per heavy atom. The van der Waals surface area contributed by atoms with Crippen molar-refractivity contribution >= 4 is 5.91 Å². The Morgan fingerprint density at radius 2 is 1.93 bits per heavy atom. The Hall–Kier alpha value is -2.60. The predicted molar refractivity (Wildman–Crippen MR) is 104 cm³/mol. The van der Waals surface area contributed by atoms with E-state index in [1.807, 2.05) is 0 Å². The number of carbonyl (C=O) groups excluding carboxylic acids is 1. The number of carbonyl (C=O) groups is 1. The molecule has 2 aromatic rings. The summed E-state index contributed by atoms with van der Waals surface area (Å²) in [7, 11) is 0. The number of quaternary nitrogens is 1. The normalized spacial score (nSPS) is 19.1. The topological polar surface area (TPSA) is 64.2 Å². The van der Waals surface area contributed by atoms with E-state index in [0.29, 0.717) is 12.3 Å². The summed E-state index contributed by atoms with van der Waals surface area (Å²) in [4.78, 5) is 27.7. The van der Waals surface area contributed by atoms with E-state index in [9.17, 15) is 9.59 Å². The lowest BCUT2D eigenvalue weighted by Crippen LogP contribution is -3.10. The van der Waals surface area contributed by atoms with E-state index in [1.54, 1.807) is 4.90 Å². The number of nitrogens with zero attached hydrogens (tertiary/aromatic N) is 1. The van der Waals surface area contributed by atoms with Crippen LogP contribution in [0, 0.1) is 0 Å². The van der Waals surface area contributed by atoms with Crippen LogP contribution in [-0.2, 0) is 24.3 Å². The summed E-state index contributed by atoms with van der Waals surface area (Å²) in [5, 5.41) is 0. The smallest absolute Gasteiger partial charge is 0.260 e. The first-order valence-electron chi connectivity index (χ1n) is 10.1. The molecular formula is C22H27N2O4+. The molecule has 28 heavy (non-hydrogen) atoms. The van der Waals surface area contributed by atoms with Gasteiger partial charge in [-0.25, -0.2) is 0 Å². The van der Waals surface area contributed by atoms with Crippen LogP contribution in [0.15, 0.2) is 45.8 Å². The minimum atomic E-state index is -0.232. The largest absolute Gasteiger partial charge is 0.477 e. The number of rotatable bonds is 5. The Labute approximate surface area is 164 Å². The lowest BCUT2D eigenvalue weighted by molar-refractivity contribution is -0.930. The Morgan fingerprint density at radius 3 is 2.71 bits per heavy atom. The van der Waals surface area contributed by atoms with E-state index >= 15 is 0 Å². The third kappa shape index (κ3) is 4.44. The molecule has 0 spiro atoms. The number of fused-ring (bicyclic) bond motifs is 1. The number of benzene rings is 1. The number of piperidine rings is 1. The van der Waals surface area contributed by atoms with E-state index in [2.05, 4.69) is 24.3 Å². The Balaban J connectivity index is 1.33. The number of hydrogen-bond acceptors (Lipinski definition) is 4. The number of likely N-dealkylation sites (tertiary alicyclic amines) is 1. The highest BCUT2D eigenvalue weighted by Crippen LogP contribution is 2.12. The fourth-order valence-electron chi connectivity index (χ4n) is 4.05. The molecule has 1 aromatic heterocycles. The molecule has 6 nitrogen and oxygen atoms in total. The van der Waals surface area contributed by atoms with Crippen molar-refractivity contribution in [2.24, 2.45) is 0 Å².